The Morgan fingerprint density at radius 3 is 3.07 bits per heavy atom. The highest BCUT2D eigenvalue weighted by Crippen LogP contribution is 2.12. The maximum Gasteiger partial charge on any atom is 0.249 e. The number of halogens is 1. The van der Waals surface area contributed by atoms with Crippen molar-refractivity contribution in [2.75, 3.05) is 19.0 Å². The van der Waals surface area contributed by atoms with Gasteiger partial charge in [-0.05, 0) is 31.6 Å². The monoisotopic (exact) mass is 233 g/mol. The molecule has 1 N–H and O–H groups in total. The van der Waals surface area contributed by atoms with Crippen LogP contribution < -0.4 is 5.32 Å². The number of alkyl halides is 1. The third kappa shape index (κ3) is 4.85. The summed E-state index contributed by atoms with van der Waals surface area (Å²) >= 11 is 5.69. The number of carbonyl (C=O) groups is 1. The molecule has 1 amide bonds. The van der Waals surface area contributed by atoms with E-state index in [9.17, 15) is 4.79 Å². The summed E-state index contributed by atoms with van der Waals surface area (Å²) in [4.78, 5) is 11.5. The Hall–Kier alpha value is -0.280. The first-order valence-corrected chi connectivity index (χ1v) is 6.22. The molecule has 1 aliphatic rings. The molecule has 0 saturated carbocycles. The SMILES string of the molecule is CC(CCl)CCCNC(=O)C1CCCO1. The van der Waals surface area contributed by atoms with Gasteiger partial charge in [0.2, 0.25) is 5.91 Å². The van der Waals surface area contributed by atoms with Crippen LogP contribution in [-0.4, -0.2) is 31.0 Å². The molecule has 1 rings (SSSR count). The first-order valence-electron chi connectivity index (χ1n) is 5.69. The van der Waals surface area contributed by atoms with Crippen LogP contribution in [0.4, 0.5) is 0 Å². The number of nitrogens with one attached hydrogen (secondary N) is 1. The largest absolute Gasteiger partial charge is 0.368 e. The van der Waals surface area contributed by atoms with Crippen molar-refractivity contribution in [3.8, 4) is 0 Å². The highest BCUT2D eigenvalue weighted by molar-refractivity contribution is 6.18. The molecule has 0 spiro atoms. The van der Waals surface area contributed by atoms with Crippen LogP contribution in [0, 0.1) is 5.92 Å². The minimum Gasteiger partial charge on any atom is -0.368 e. The fourth-order valence-electron chi connectivity index (χ4n) is 1.64. The Bertz CT molecular complexity index is 193. The number of carbonyl (C=O) groups excluding carboxylic acids is 1. The van der Waals surface area contributed by atoms with Crippen molar-refractivity contribution in [3.05, 3.63) is 0 Å². The fraction of sp³-hybridized carbons (Fsp3) is 0.909. The number of ether oxygens (including phenoxy) is 1. The number of rotatable bonds is 6. The third-order valence-electron chi connectivity index (χ3n) is 2.66. The van der Waals surface area contributed by atoms with E-state index in [0.717, 1.165) is 38.8 Å². The number of amides is 1. The lowest BCUT2D eigenvalue weighted by Gasteiger charge is -2.11. The standard InChI is InChI=1S/C11H20ClNO2/c1-9(8-12)4-2-6-13-11(14)10-5-3-7-15-10/h9-10H,2-8H2,1H3,(H,13,14). The zero-order chi connectivity index (χ0) is 11.1. The Labute approximate surface area is 96.5 Å². The van der Waals surface area contributed by atoms with Gasteiger partial charge in [-0.3, -0.25) is 4.79 Å². The van der Waals surface area contributed by atoms with Crippen molar-refractivity contribution in [1.82, 2.24) is 5.32 Å². The van der Waals surface area contributed by atoms with Crippen LogP contribution >= 0.6 is 11.6 Å². The molecule has 0 aromatic rings. The lowest BCUT2D eigenvalue weighted by molar-refractivity contribution is -0.130. The first kappa shape index (κ1) is 12.8. The Morgan fingerprint density at radius 2 is 2.47 bits per heavy atom. The molecule has 0 aliphatic carbocycles. The average Bonchev–Trinajstić information content (AvgIpc) is 2.77. The van der Waals surface area contributed by atoms with E-state index in [1.54, 1.807) is 0 Å². The van der Waals surface area contributed by atoms with Crippen LogP contribution in [0.5, 0.6) is 0 Å². The minimum atomic E-state index is -0.199. The van der Waals surface area contributed by atoms with E-state index < -0.39 is 0 Å². The quantitative estimate of drug-likeness (QED) is 0.563. The second-order valence-corrected chi connectivity index (χ2v) is 4.50. The smallest absolute Gasteiger partial charge is 0.249 e. The van der Waals surface area contributed by atoms with E-state index in [0.29, 0.717) is 11.8 Å². The molecule has 88 valence electrons. The summed E-state index contributed by atoms with van der Waals surface area (Å²) in [5.41, 5.74) is 0. The van der Waals surface area contributed by atoms with E-state index >= 15 is 0 Å². The summed E-state index contributed by atoms with van der Waals surface area (Å²) < 4.78 is 5.28. The molecule has 3 nitrogen and oxygen atoms in total. The molecule has 0 aromatic carbocycles. The van der Waals surface area contributed by atoms with Crippen molar-refractivity contribution in [1.29, 1.82) is 0 Å². The van der Waals surface area contributed by atoms with Crippen molar-refractivity contribution in [2.45, 2.75) is 38.7 Å². The average molecular weight is 234 g/mol. The molecule has 0 bridgehead atoms. The van der Waals surface area contributed by atoms with Gasteiger partial charge >= 0.3 is 0 Å². The fourth-order valence-corrected chi connectivity index (χ4v) is 1.79. The zero-order valence-electron chi connectivity index (χ0n) is 9.30. The Morgan fingerprint density at radius 1 is 1.67 bits per heavy atom. The second-order valence-electron chi connectivity index (χ2n) is 4.19. The molecule has 1 heterocycles. The lowest BCUT2D eigenvalue weighted by Crippen LogP contribution is -2.34. The summed E-state index contributed by atoms with van der Waals surface area (Å²) in [5, 5.41) is 2.90. The molecule has 1 fully saturated rings. The van der Waals surface area contributed by atoms with Gasteiger partial charge in [-0.1, -0.05) is 6.92 Å². The van der Waals surface area contributed by atoms with Crippen LogP contribution in [0.3, 0.4) is 0 Å². The van der Waals surface area contributed by atoms with Gasteiger partial charge in [-0.2, -0.15) is 0 Å². The van der Waals surface area contributed by atoms with E-state index in [2.05, 4.69) is 12.2 Å². The van der Waals surface area contributed by atoms with E-state index in [1.807, 2.05) is 0 Å². The predicted octanol–water partition coefficient (Wildman–Crippen LogP) is 1.94. The summed E-state index contributed by atoms with van der Waals surface area (Å²) in [6.07, 6.45) is 3.72. The van der Waals surface area contributed by atoms with Crippen molar-refractivity contribution >= 4 is 17.5 Å². The van der Waals surface area contributed by atoms with Crippen LogP contribution in [-0.2, 0) is 9.53 Å². The van der Waals surface area contributed by atoms with E-state index in [1.165, 1.54) is 0 Å². The second kappa shape index (κ2) is 7.07. The molecule has 1 aliphatic heterocycles. The zero-order valence-corrected chi connectivity index (χ0v) is 10.1. The van der Waals surface area contributed by atoms with Gasteiger partial charge in [0.15, 0.2) is 0 Å². The van der Waals surface area contributed by atoms with Gasteiger partial charge in [0.25, 0.3) is 0 Å². The molecular weight excluding hydrogens is 214 g/mol. The van der Waals surface area contributed by atoms with Crippen molar-refractivity contribution in [3.63, 3.8) is 0 Å². The summed E-state index contributed by atoms with van der Waals surface area (Å²) in [6.45, 7) is 3.58. The molecule has 0 radical (unpaired) electrons. The van der Waals surface area contributed by atoms with Crippen LogP contribution in [0.15, 0.2) is 0 Å². The van der Waals surface area contributed by atoms with Gasteiger partial charge in [0.05, 0.1) is 0 Å². The Balaban J connectivity index is 2.01. The predicted molar refractivity (Wildman–Crippen MR) is 61.1 cm³/mol. The van der Waals surface area contributed by atoms with Gasteiger partial charge < -0.3 is 10.1 Å². The number of hydrogen-bond donors (Lipinski definition) is 1. The molecule has 4 heteroatoms. The van der Waals surface area contributed by atoms with Gasteiger partial charge in [-0.25, -0.2) is 0 Å². The molecule has 15 heavy (non-hydrogen) atoms. The number of hydrogen-bond acceptors (Lipinski definition) is 2. The summed E-state index contributed by atoms with van der Waals surface area (Å²) in [5.74, 6) is 1.27. The van der Waals surface area contributed by atoms with Crippen molar-refractivity contribution in [2.24, 2.45) is 5.92 Å². The lowest BCUT2D eigenvalue weighted by atomic mass is 10.1. The van der Waals surface area contributed by atoms with Crippen LogP contribution in [0.2, 0.25) is 0 Å². The van der Waals surface area contributed by atoms with Gasteiger partial charge in [0, 0.05) is 19.0 Å². The minimum absolute atomic E-state index is 0.0472. The third-order valence-corrected chi connectivity index (χ3v) is 3.19. The highest BCUT2D eigenvalue weighted by atomic mass is 35.5. The van der Waals surface area contributed by atoms with Crippen LogP contribution in [0.25, 0.3) is 0 Å². The van der Waals surface area contributed by atoms with E-state index in [4.69, 9.17) is 16.3 Å². The Kier molecular flexibility index (Phi) is 6.03. The maximum atomic E-state index is 11.5. The van der Waals surface area contributed by atoms with Crippen LogP contribution in [0.1, 0.15) is 32.6 Å². The summed E-state index contributed by atoms with van der Waals surface area (Å²) in [6, 6.07) is 0. The van der Waals surface area contributed by atoms with Gasteiger partial charge in [0.1, 0.15) is 6.10 Å². The molecule has 2 atom stereocenters. The first-order chi connectivity index (χ1) is 7.24. The molecule has 0 aromatic heterocycles. The highest BCUT2D eigenvalue weighted by Gasteiger charge is 2.22. The summed E-state index contributed by atoms with van der Waals surface area (Å²) in [7, 11) is 0. The molecule has 2 unspecified atom stereocenters. The van der Waals surface area contributed by atoms with Crippen molar-refractivity contribution < 1.29 is 9.53 Å². The van der Waals surface area contributed by atoms with Gasteiger partial charge in [-0.15, -0.1) is 11.6 Å². The molecular formula is C11H20ClNO2. The normalized spacial score (nSPS) is 22.7. The molecule has 1 saturated heterocycles. The topological polar surface area (TPSA) is 38.3 Å². The maximum absolute atomic E-state index is 11.5. The van der Waals surface area contributed by atoms with E-state index in [-0.39, 0.29) is 12.0 Å².